The topological polar surface area (TPSA) is 55.4 Å². The molecule has 0 fully saturated rings. The molecule has 1 N–H and O–H groups in total. The van der Waals surface area contributed by atoms with E-state index in [0.717, 1.165) is 23.3 Å². The smallest absolute Gasteiger partial charge is 0.338 e. The van der Waals surface area contributed by atoms with Crippen LogP contribution in [0.1, 0.15) is 28.4 Å². The van der Waals surface area contributed by atoms with Crippen molar-refractivity contribution in [3.8, 4) is 0 Å². The molecule has 1 amide bonds. The zero-order valence-corrected chi connectivity index (χ0v) is 13.2. The minimum absolute atomic E-state index is 0.192. The molecule has 0 saturated heterocycles. The van der Waals surface area contributed by atoms with Crippen molar-refractivity contribution in [1.82, 2.24) is 0 Å². The summed E-state index contributed by atoms with van der Waals surface area (Å²) in [4.78, 5) is 24.0. The molecule has 23 heavy (non-hydrogen) atoms. The second kappa shape index (κ2) is 7.05. The molecule has 0 saturated carbocycles. The van der Waals surface area contributed by atoms with Gasteiger partial charge in [0.2, 0.25) is 0 Å². The molecule has 0 unspecified atom stereocenters. The van der Waals surface area contributed by atoms with Crippen molar-refractivity contribution in [2.24, 2.45) is 0 Å². The number of benzene rings is 2. The molecule has 0 spiro atoms. The summed E-state index contributed by atoms with van der Waals surface area (Å²) < 4.78 is 17.9. The molecule has 120 valence electrons. The maximum Gasteiger partial charge on any atom is 0.338 e. The Bertz CT molecular complexity index is 726. The molecule has 5 heteroatoms. The third kappa shape index (κ3) is 4.39. The van der Waals surface area contributed by atoms with E-state index in [-0.39, 0.29) is 5.56 Å². The number of anilines is 1. The molecule has 2 aromatic carbocycles. The van der Waals surface area contributed by atoms with E-state index in [1.54, 1.807) is 6.07 Å². The normalized spacial score (nSPS) is 11.7. The molecular weight excluding hydrogens is 297 g/mol. The number of hydrogen-bond acceptors (Lipinski definition) is 3. The van der Waals surface area contributed by atoms with Gasteiger partial charge < -0.3 is 10.1 Å². The van der Waals surface area contributed by atoms with Crippen molar-refractivity contribution >= 4 is 17.6 Å². The van der Waals surface area contributed by atoms with Crippen LogP contribution < -0.4 is 5.32 Å². The van der Waals surface area contributed by atoms with E-state index in [9.17, 15) is 14.0 Å². The lowest BCUT2D eigenvalue weighted by atomic mass is 10.1. The minimum Gasteiger partial charge on any atom is -0.449 e. The third-order valence-electron chi connectivity index (χ3n) is 3.37. The molecule has 0 bridgehead atoms. The molecule has 2 aromatic rings. The summed E-state index contributed by atoms with van der Waals surface area (Å²) in [6.07, 6.45) is -0.965. The average molecular weight is 315 g/mol. The molecular formula is C18H18FNO3. The first-order valence-electron chi connectivity index (χ1n) is 7.21. The Kier molecular flexibility index (Phi) is 5.11. The monoisotopic (exact) mass is 315 g/mol. The number of halogens is 1. The van der Waals surface area contributed by atoms with Gasteiger partial charge in [-0.1, -0.05) is 17.7 Å². The number of nitrogens with one attached hydrogen (secondary N) is 1. The van der Waals surface area contributed by atoms with Crippen LogP contribution in [0.25, 0.3) is 0 Å². The number of hydrogen-bond donors (Lipinski definition) is 1. The highest BCUT2D eigenvalue weighted by Gasteiger charge is 2.19. The second-order valence-corrected chi connectivity index (χ2v) is 5.36. The van der Waals surface area contributed by atoms with Crippen LogP contribution in [0.2, 0.25) is 0 Å². The van der Waals surface area contributed by atoms with Crippen molar-refractivity contribution in [3.63, 3.8) is 0 Å². The van der Waals surface area contributed by atoms with Crippen LogP contribution in [-0.2, 0) is 9.53 Å². The maximum atomic E-state index is 12.8. The molecule has 0 aromatic heterocycles. The fraction of sp³-hybridized carbons (Fsp3) is 0.222. The van der Waals surface area contributed by atoms with Crippen molar-refractivity contribution in [1.29, 1.82) is 0 Å². The van der Waals surface area contributed by atoms with Gasteiger partial charge in [0, 0.05) is 5.69 Å². The Morgan fingerprint density at radius 1 is 1.09 bits per heavy atom. The summed E-state index contributed by atoms with van der Waals surface area (Å²) >= 11 is 0. The lowest BCUT2D eigenvalue weighted by molar-refractivity contribution is -0.123. The van der Waals surface area contributed by atoms with E-state index in [0.29, 0.717) is 5.69 Å². The Balaban J connectivity index is 1.99. The minimum atomic E-state index is -0.965. The Hall–Kier alpha value is -2.69. The van der Waals surface area contributed by atoms with Crippen LogP contribution in [0, 0.1) is 19.7 Å². The van der Waals surface area contributed by atoms with E-state index < -0.39 is 23.8 Å². The molecule has 2 rings (SSSR count). The van der Waals surface area contributed by atoms with Crippen LogP contribution in [0.4, 0.5) is 10.1 Å². The fourth-order valence-corrected chi connectivity index (χ4v) is 2.06. The summed E-state index contributed by atoms with van der Waals surface area (Å²) in [6.45, 7) is 5.34. The van der Waals surface area contributed by atoms with Gasteiger partial charge >= 0.3 is 5.97 Å². The first-order valence-corrected chi connectivity index (χ1v) is 7.21. The number of ether oxygens (including phenoxy) is 1. The molecule has 0 aliphatic carbocycles. The highest BCUT2D eigenvalue weighted by Crippen LogP contribution is 2.16. The Morgan fingerprint density at radius 3 is 2.35 bits per heavy atom. The van der Waals surface area contributed by atoms with E-state index in [2.05, 4.69) is 5.32 Å². The van der Waals surface area contributed by atoms with Gasteiger partial charge in [-0.3, -0.25) is 4.79 Å². The van der Waals surface area contributed by atoms with Crippen molar-refractivity contribution in [2.45, 2.75) is 26.9 Å². The first kappa shape index (κ1) is 16.7. The third-order valence-corrected chi connectivity index (χ3v) is 3.37. The van der Waals surface area contributed by atoms with Crippen molar-refractivity contribution in [3.05, 3.63) is 65.0 Å². The average Bonchev–Trinajstić information content (AvgIpc) is 2.50. The number of rotatable bonds is 4. The summed E-state index contributed by atoms with van der Waals surface area (Å²) in [6, 6.07) is 10.6. The summed E-state index contributed by atoms with van der Waals surface area (Å²) in [5.41, 5.74) is 2.88. The van der Waals surface area contributed by atoms with Crippen LogP contribution in [-0.4, -0.2) is 18.0 Å². The van der Waals surface area contributed by atoms with Gasteiger partial charge in [0.1, 0.15) is 5.82 Å². The van der Waals surface area contributed by atoms with Gasteiger partial charge in [-0.05, 0) is 56.7 Å². The van der Waals surface area contributed by atoms with Gasteiger partial charge in [0.25, 0.3) is 5.91 Å². The van der Waals surface area contributed by atoms with Crippen LogP contribution in [0.3, 0.4) is 0 Å². The number of carbonyl (C=O) groups is 2. The van der Waals surface area contributed by atoms with E-state index in [1.165, 1.54) is 19.1 Å². The van der Waals surface area contributed by atoms with Crippen LogP contribution in [0.15, 0.2) is 42.5 Å². The first-order chi connectivity index (χ1) is 10.9. The summed E-state index contributed by atoms with van der Waals surface area (Å²) in [5, 5.41) is 2.73. The largest absolute Gasteiger partial charge is 0.449 e. The molecule has 0 radical (unpaired) electrons. The van der Waals surface area contributed by atoms with E-state index in [1.807, 2.05) is 26.0 Å². The number of carbonyl (C=O) groups excluding carboxylic acids is 2. The SMILES string of the molecule is Cc1ccc(NC(=O)[C@@H](C)OC(=O)c2ccc(F)cc2)c(C)c1. The maximum absolute atomic E-state index is 12.8. The number of aryl methyl sites for hydroxylation is 2. The summed E-state index contributed by atoms with van der Waals surface area (Å²) in [7, 11) is 0. The Labute approximate surface area is 134 Å². The quantitative estimate of drug-likeness (QED) is 0.877. The molecule has 4 nitrogen and oxygen atoms in total. The molecule has 0 aliphatic heterocycles. The van der Waals surface area contributed by atoms with Gasteiger partial charge in [-0.25, -0.2) is 9.18 Å². The zero-order valence-electron chi connectivity index (χ0n) is 13.2. The van der Waals surface area contributed by atoms with Crippen LogP contribution in [0.5, 0.6) is 0 Å². The van der Waals surface area contributed by atoms with E-state index >= 15 is 0 Å². The molecule has 0 heterocycles. The van der Waals surface area contributed by atoms with Gasteiger partial charge in [0.05, 0.1) is 5.56 Å². The zero-order chi connectivity index (χ0) is 17.0. The second-order valence-electron chi connectivity index (χ2n) is 5.36. The highest BCUT2D eigenvalue weighted by molar-refractivity contribution is 5.97. The molecule has 0 aliphatic rings. The lowest BCUT2D eigenvalue weighted by Crippen LogP contribution is -2.30. The molecule has 1 atom stereocenters. The highest BCUT2D eigenvalue weighted by atomic mass is 19.1. The van der Waals surface area contributed by atoms with Gasteiger partial charge in [0.15, 0.2) is 6.10 Å². The lowest BCUT2D eigenvalue weighted by Gasteiger charge is -2.15. The van der Waals surface area contributed by atoms with Crippen molar-refractivity contribution < 1.29 is 18.7 Å². The number of amides is 1. The van der Waals surface area contributed by atoms with E-state index in [4.69, 9.17) is 4.74 Å². The number of esters is 1. The van der Waals surface area contributed by atoms with Gasteiger partial charge in [-0.2, -0.15) is 0 Å². The predicted molar refractivity (Wildman–Crippen MR) is 85.8 cm³/mol. The van der Waals surface area contributed by atoms with Crippen LogP contribution >= 0.6 is 0 Å². The predicted octanol–water partition coefficient (Wildman–Crippen LogP) is 3.63. The van der Waals surface area contributed by atoms with Crippen molar-refractivity contribution in [2.75, 3.05) is 5.32 Å². The Morgan fingerprint density at radius 2 is 1.74 bits per heavy atom. The standard InChI is InChI=1S/C18H18FNO3/c1-11-4-9-16(12(2)10-11)20-17(21)13(3)23-18(22)14-5-7-15(19)8-6-14/h4-10,13H,1-3H3,(H,20,21)/t13-/m1/s1. The van der Waals surface area contributed by atoms with Gasteiger partial charge in [-0.15, -0.1) is 0 Å². The fourth-order valence-electron chi connectivity index (χ4n) is 2.06. The summed E-state index contributed by atoms with van der Waals surface area (Å²) in [5.74, 6) is -1.54.